The van der Waals surface area contributed by atoms with Gasteiger partial charge in [0.15, 0.2) is 0 Å². The van der Waals surface area contributed by atoms with Gasteiger partial charge in [0, 0.05) is 17.1 Å². The number of rotatable bonds is 3. The van der Waals surface area contributed by atoms with Crippen LogP contribution in [0.15, 0.2) is 30.5 Å². The van der Waals surface area contributed by atoms with Crippen molar-refractivity contribution in [3.63, 3.8) is 0 Å². The van der Waals surface area contributed by atoms with Crippen molar-refractivity contribution < 1.29 is 5.11 Å². The Hall–Kier alpha value is -1.32. The quantitative estimate of drug-likeness (QED) is 0.739. The molecule has 0 saturated heterocycles. The van der Waals surface area contributed by atoms with Crippen LogP contribution in [0.5, 0.6) is 0 Å². The van der Waals surface area contributed by atoms with Gasteiger partial charge in [-0.25, -0.2) is 0 Å². The number of H-pyrrole nitrogens is 1. The second-order valence-corrected chi connectivity index (χ2v) is 4.66. The van der Waals surface area contributed by atoms with E-state index in [0.29, 0.717) is 0 Å². The summed E-state index contributed by atoms with van der Waals surface area (Å²) in [5.41, 5.74) is 1.41. The average molecular weight is 218 g/mol. The molecule has 3 heteroatoms. The van der Waals surface area contributed by atoms with Crippen molar-refractivity contribution in [1.82, 2.24) is 10.3 Å². The van der Waals surface area contributed by atoms with Crippen LogP contribution in [-0.2, 0) is 0 Å². The fraction of sp³-hybridized carbons (Fsp3) is 0.385. The molecule has 1 heterocycles. The van der Waals surface area contributed by atoms with Crippen LogP contribution in [0.2, 0.25) is 0 Å². The molecule has 0 fully saturated rings. The average Bonchev–Trinajstić information content (AvgIpc) is 2.61. The highest BCUT2D eigenvalue weighted by Gasteiger charge is 2.28. The molecule has 0 radical (unpaired) electrons. The maximum atomic E-state index is 10.1. The lowest BCUT2D eigenvalue weighted by Crippen LogP contribution is -2.37. The normalized spacial score (nSPS) is 14.2. The standard InChI is InChI=1S/C13H18N2O/c1-13(2,16)12(14-3)10-8-15-11-7-5-4-6-9(10)11/h4-8,12,14-16H,1-3H3. The molecule has 0 bridgehead atoms. The fourth-order valence-corrected chi connectivity index (χ4v) is 2.22. The van der Waals surface area contributed by atoms with E-state index in [1.165, 1.54) is 0 Å². The van der Waals surface area contributed by atoms with Gasteiger partial charge in [-0.15, -0.1) is 0 Å². The molecule has 2 aromatic rings. The van der Waals surface area contributed by atoms with Crippen LogP contribution < -0.4 is 5.32 Å². The summed E-state index contributed by atoms with van der Waals surface area (Å²) in [7, 11) is 1.87. The molecule has 0 aliphatic heterocycles. The molecule has 0 amide bonds. The lowest BCUT2D eigenvalue weighted by Gasteiger charge is -2.28. The van der Waals surface area contributed by atoms with Crippen molar-refractivity contribution in [2.45, 2.75) is 25.5 Å². The molecule has 0 spiro atoms. The van der Waals surface area contributed by atoms with Crippen LogP contribution in [0.3, 0.4) is 0 Å². The zero-order chi connectivity index (χ0) is 11.8. The van der Waals surface area contributed by atoms with E-state index in [-0.39, 0.29) is 6.04 Å². The first-order chi connectivity index (χ1) is 7.54. The maximum Gasteiger partial charge on any atom is 0.0786 e. The number of aliphatic hydroxyl groups is 1. The van der Waals surface area contributed by atoms with Gasteiger partial charge in [0.05, 0.1) is 11.6 Å². The number of likely N-dealkylation sites (N-methyl/N-ethyl adjacent to an activating group) is 1. The van der Waals surface area contributed by atoms with E-state index in [9.17, 15) is 5.11 Å². The van der Waals surface area contributed by atoms with Gasteiger partial charge in [0.2, 0.25) is 0 Å². The van der Waals surface area contributed by atoms with Crippen LogP contribution >= 0.6 is 0 Å². The van der Waals surface area contributed by atoms with Gasteiger partial charge >= 0.3 is 0 Å². The first kappa shape index (κ1) is 11.2. The summed E-state index contributed by atoms with van der Waals surface area (Å²) in [6, 6.07) is 8.04. The molecule has 2 rings (SSSR count). The van der Waals surface area contributed by atoms with Crippen LogP contribution in [0.1, 0.15) is 25.5 Å². The number of para-hydroxylation sites is 1. The molecule has 86 valence electrons. The molecule has 0 aliphatic carbocycles. The molecule has 1 atom stereocenters. The third-order valence-corrected chi connectivity index (χ3v) is 2.93. The molecule has 1 aromatic carbocycles. The van der Waals surface area contributed by atoms with E-state index in [1.807, 2.05) is 45.3 Å². The Morgan fingerprint density at radius 3 is 2.62 bits per heavy atom. The minimum absolute atomic E-state index is 0.0800. The van der Waals surface area contributed by atoms with Gasteiger partial charge in [-0.05, 0) is 32.5 Å². The van der Waals surface area contributed by atoms with Crippen LogP contribution in [0.4, 0.5) is 0 Å². The number of aromatic nitrogens is 1. The van der Waals surface area contributed by atoms with Gasteiger partial charge in [-0.3, -0.25) is 0 Å². The summed E-state index contributed by atoms with van der Waals surface area (Å²) in [6.07, 6.45) is 1.96. The van der Waals surface area contributed by atoms with Crippen LogP contribution in [0, 0.1) is 0 Å². The molecule has 3 nitrogen and oxygen atoms in total. The molecular formula is C13H18N2O. The third-order valence-electron chi connectivity index (χ3n) is 2.93. The molecule has 1 unspecified atom stereocenters. The van der Waals surface area contributed by atoms with Crippen molar-refractivity contribution in [2.75, 3.05) is 7.05 Å². The monoisotopic (exact) mass is 218 g/mol. The van der Waals surface area contributed by atoms with E-state index in [0.717, 1.165) is 16.5 Å². The van der Waals surface area contributed by atoms with Crippen molar-refractivity contribution in [1.29, 1.82) is 0 Å². The van der Waals surface area contributed by atoms with Crippen LogP contribution in [0.25, 0.3) is 10.9 Å². The number of hydrogen-bond acceptors (Lipinski definition) is 2. The zero-order valence-electron chi connectivity index (χ0n) is 9.91. The second kappa shape index (κ2) is 3.92. The van der Waals surface area contributed by atoms with E-state index < -0.39 is 5.60 Å². The summed E-state index contributed by atoms with van der Waals surface area (Å²) < 4.78 is 0. The molecule has 0 aliphatic rings. The number of benzene rings is 1. The highest BCUT2D eigenvalue weighted by Crippen LogP contribution is 2.30. The van der Waals surface area contributed by atoms with Crippen molar-refractivity contribution in [2.24, 2.45) is 0 Å². The second-order valence-electron chi connectivity index (χ2n) is 4.66. The summed E-state index contributed by atoms with van der Waals surface area (Å²) in [5.74, 6) is 0. The molecule has 0 saturated carbocycles. The summed E-state index contributed by atoms with van der Waals surface area (Å²) in [4.78, 5) is 3.22. The van der Waals surface area contributed by atoms with E-state index in [1.54, 1.807) is 0 Å². The Bertz CT molecular complexity index is 482. The summed E-state index contributed by atoms with van der Waals surface area (Å²) in [5, 5.41) is 14.5. The van der Waals surface area contributed by atoms with Gasteiger partial charge in [-0.1, -0.05) is 18.2 Å². The Balaban J connectivity index is 2.54. The van der Waals surface area contributed by atoms with Gasteiger partial charge < -0.3 is 15.4 Å². The highest BCUT2D eigenvalue weighted by molar-refractivity contribution is 5.83. The van der Waals surface area contributed by atoms with Gasteiger partial charge in [0.25, 0.3) is 0 Å². The fourth-order valence-electron chi connectivity index (χ4n) is 2.22. The lowest BCUT2D eigenvalue weighted by atomic mass is 9.92. The predicted octanol–water partition coefficient (Wildman–Crippen LogP) is 2.20. The number of fused-ring (bicyclic) bond motifs is 1. The highest BCUT2D eigenvalue weighted by atomic mass is 16.3. The SMILES string of the molecule is CNC(c1c[nH]c2ccccc12)C(C)(C)O. The maximum absolute atomic E-state index is 10.1. The Labute approximate surface area is 95.5 Å². The smallest absolute Gasteiger partial charge is 0.0786 e. The molecule has 3 N–H and O–H groups in total. The van der Waals surface area contributed by atoms with Gasteiger partial charge in [-0.2, -0.15) is 0 Å². The predicted molar refractivity (Wildman–Crippen MR) is 66.4 cm³/mol. The van der Waals surface area contributed by atoms with E-state index in [2.05, 4.69) is 16.4 Å². The largest absolute Gasteiger partial charge is 0.388 e. The zero-order valence-corrected chi connectivity index (χ0v) is 9.91. The Morgan fingerprint density at radius 2 is 2.00 bits per heavy atom. The van der Waals surface area contributed by atoms with E-state index in [4.69, 9.17) is 0 Å². The van der Waals surface area contributed by atoms with Crippen molar-refractivity contribution in [3.8, 4) is 0 Å². The third kappa shape index (κ3) is 1.84. The van der Waals surface area contributed by atoms with Crippen molar-refractivity contribution in [3.05, 3.63) is 36.0 Å². The first-order valence-electron chi connectivity index (χ1n) is 5.49. The van der Waals surface area contributed by atoms with E-state index >= 15 is 0 Å². The Morgan fingerprint density at radius 1 is 1.31 bits per heavy atom. The summed E-state index contributed by atoms with van der Waals surface area (Å²) >= 11 is 0. The first-order valence-corrected chi connectivity index (χ1v) is 5.49. The number of aromatic amines is 1. The van der Waals surface area contributed by atoms with Crippen LogP contribution in [-0.4, -0.2) is 22.7 Å². The molecular weight excluding hydrogens is 200 g/mol. The number of nitrogens with one attached hydrogen (secondary N) is 2. The summed E-state index contributed by atoms with van der Waals surface area (Å²) in [6.45, 7) is 3.63. The molecule has 16 heavy (non-hydrogen) atoms. The van der Waals surface area contributed by atoms with Crippen molar-refractivity contribution >= 4 is 10.9 Å². The minimum atomic E-state index is -0.792. The lowest BCUT2D eigenvalue weighted by molar-refractivity contribution is 0.0405. The topological polar surface area (TPSA) is 48.0 Å². The Kier molecular flexibility index (Phi) is 2.74. The van der Waals surface area contributed by atoms with Gasteiger partial charge in [0.1, 0.15) is 0 Å². The number of hydrogen-bond donors (Lipinski definition) is 3. The minimum Gasteiger partial charge on any atom is -0.388 e. The molecule has 1 aromatic heterocycles.